The number of rotatable bonds is 6. The molecule has 0 aliphatic heterocycles. The molecule has 0 aromatic carbocycles. The highest BCUT2D eigenvalue weighted by molar-refractivity contribution is 7.11. The molecule has 1 heterocycles. The van der Waals surface area contributed by atoms with E-state index in [9.17, 15) is 9.59 Å². The van der Waals surface area contributed by atoms with Crippen LogP contribution >= 0.6 is 11.3 Å². The Morgan fingerprint density at radius 2 is 2.26 bits per heavy atom. The van der Waals surface area contributed by atoms with E-state index in [1.807, 2.05) is 18.4 Å². The average Bonchev–Trinajstić information content (AvgIpc) is 2.81. The first-order valence-electron chi connectivity index (χ1n) is 6.00. The Morgan fingerprint density at radius 3 is 2.89 bits per heavy atom. The van der Waals surface area contributed by atoms with Crippen molar-refractivity contribution in [2.45, 2.75) is 19.9 Å². The molecule has 0 aliphatic rings. The van der Waals surface area contributed by atoms with Crippen molar-refractivity contribution in [3.8, 4) is 0 Å². The Labute approximate surface area is 116 Å². The Balaban J connectivity index is 2.53. The van der Waals surface area contributed by atoms with Gasteiger partial charge in [0, 0.05) is 31.1 Å². The number of urea groups is 1. The first kappa shape index (κ1) is 15.2. The summed E-state index contributed by atoms with van der Waals surface area (Å²) in [5.74, 6) is -0.967. The van der Waals surface area contributed by atoms with E-state index in [0.29, 0.717) is 13.1 Å². The van der Waals surface area contributed by atoms with Crippen LogP contribution in [0.1, 0.15) is 23.8 Å². The van der Waals surface area contributed by atoms with Crippen molar-refractivity contribution in [2.75, 3.05) is 13.6 Å². The van der Waals surface area contributed by atoms with Crippen LogP contribution < -0.4 is 5.32 Å². The fraction of sp³-hybridized carbons (Fsp3) is 0.385. The molecule has 0 fully saturated rings. The van der Waals surface area contributed by atoms with Crippen LogP contribution in [0.15, 0.2) is 17.5 Å². The number of nitrogens with zero attached hydrogens (tertiary/aromatic N) is 1. The van der Waals surface area contributed by atoms with Gasteiger partial charge >= 0.3 is 12.0 Å². The van der Waals surface area contributed by atoms with Gasteiger partial charge in [0.2, 0.25) is 0 Å². The summed E-state index contributed by atoms with van der Waals surface area (Å²) in [6.07, 6.45) is 3.56. The molecule has 2 N–H and O–H groups in total. The molecule has 1 rings (SSSR count). The van der Waals surface area contributed by atoms with Crippen molar-refractivity contribution < 1.29 is 14.7 Å². The zero-order valence-corrected chi connectivity index (χ0v) is 11.9. The Kier molecular flexibility index (Phi) is 6.08. The van der Waals surface area contributed by atoms with Gasteiger partial charge < -0.3 is 15.3 Å². The maximum absolute atomic E-state index is 11.7. The second-order valence-electron chi connectivity index (χ2n) is 4.12. The number of carbonyl (C=O) groups excluding carboxylic acids is 1. The number of carboxylic acids is 1. The molecule has 6 heteroatoms. The fourth-order valence-corrected chi connectivity index (χ4v) is 2.23. The highest BCUT2D eigenvalue weighted by Gasteiger charge is 2.08. The van der Waals surface area contributed by atoms with Crippen LogP contribution in [0.4, 0.5) is 4.79 Å². The van der Waals surface area contributed by atoms with Gasteiger partial charge in [-0.25, -0.2) is 9.59 Å². The van der Waals surface area contributed by atoms with Crippen molar-refractivity contribution in [1.29, 1.82) is 0 Å². The maximum atomic E-state index is 11.7. The lowest BCUT2D eigenvalue weighted by molar-refractivity contribution is -0.131. The molecule has 0 atom stereocenters. The third-order valence-corrected chi connectivity index (χ3v) is 3.30. The molecule has 1 aromatic heterocycles. The maximum Gasteiger partial charge on any atom is 0.328 e. The summed E-state index contributed by atoms with van der Waals surface area (Å²) in [7, 11) is 1.73. The van der Waals surface area contributed by atoms with Gasteiger partial charge in [0.05, 0.1) is 0 Å². The van der Waals surface area contributed by atoms with Crippen molar-refractivity contribution in [3.63, 3.8) is 0 Å². The monoisotopic (exact) mass is 282 g/mol. The Bertz CT molecular complexity index is 468. The molecular weight excluding hydrogens is 264 g/mol. The van der Waals surface area contributed by atoms with E-state index in [4.69, 9.17) is 5.11 Å². The Hall–Kier alpha value is -1.82. The molecule has 0 spiro atoms. The predicted octanol–water partition coefficient (Wildman–Crippen LogP) is 2.40. The summed E-state index contributed by atoms with van der Waals surface area (Å²) in [6, 6.07) is 1.78. The number of hydrogen-bond acceptors (Lipinski definition) is 3. The second-order valence-corrected chi connectivity index (χ2v) is 5.06. The third-order valence-electron chi connectivity index (χ3n) is 2.36. The average molecular weight is 282 g/mol. The molecule has 19 heavy (non-hydrogen) atoms. The lowest BCUT2D eigenvalue weighted by Crippen LogP contribution is -2.36. The van der Waals surface area contributed by atoms with Gasteiger partial charge in [-0.05, 0) is 29.5 Å². The lowest BCUT2D eigenvalue weighted by atomic mass is 10.3. The molecule has 0 aliphatic carbocycles. The largest absolute Gasteiger partial charge is 0.478 e. The minimum atomic E-state index is -0.967. The van der Waals surface area contributed by atoms with E-state index in [1.165, 1.54) is 11.3 Å². The number of carboxylic acid groups (broad SMARTS) is 1. The molecule has 0 bridgehead atoms. The zero-order valence-electron chi connectivity index (χ0n) is 11.0. The highest BCUT2D eigenvalue weighted by atomic mass is 32.1. The van der Waals surface area contributed by atoms with Gasteiger partial charge in [0.15, 0.2) is 0 Å². The summed E-state index contributed by atoms with van der Waals surface area (Å²) in [6.45, 7) is 3.17. The lowest BCUT2D eigenvalue weighted by Gasteiger charge is -2.16. The van der Waals surface area contributed by atoms with E-state index < -0.39 is 5.97 Å². The highest BCUT2D eigenvalue weighted by Crippen LogP contribution is 2.17. The minimum absolute atomic E-state index is 0.101. The molecule has 0 saturated heterocycles. The van der Waals surface area contributed by atoms with Crippen molar-refractivity contribution in [2.24, 2.45) is 0 Å². The number of hydrogen-bond donors (Lipinski definition) is 2. The van der Waals surface area contributed by atoms with Crippen LogP contribution in [0, 0.1) is 0 Å². The molecular formula is C13H18N2O3S. The van der Waals surface area contributed by atoms with E-state index in [2.05, 4.69) is 5.32 Å². The number of thiophene rings is 1. The topological polar surface area (TPSA) is 69.6 Å². The number of carbonyl (C=O) groups is 2. The van der Waals surface area contributed by atoms with Crippen LogP contribution in [-0.4, -0.2) is 35.6 Å². The fourth-order valence-electron chi connectivity index (χ4n) is 1.43. The van der Waals surface area contributed by atoms with Crippen LogP contribution in [0.25, 0.3) is 6.08 Å². The number of aliphatic carboxylic acids is 1. The summed E-state index contributed by atoms with van der Waals surface area (Å²) >= 11 is 1.45. The molecule has 0 saturated carbocycles. The van der Waals surface area contributed by atoms with Crippen molar-refractivity contribution >= 4 is 29.4 Å². The normalized spacial score (nSPS) is 10.6. The first-order chi connectivity index (χ1) is 9.02. The van der Waals surface area contributed by atoms with Crippen LogP contribution in [0.2, 0.25) is 0 Å². The van der Waals surface area contributed by atoms with E-state index in [-0.39, 0.29) is 6.03 Å². The van der Waals surface area contributed by atoms with Gasteiger partial charge in [0.25, 0.3) is 0 Å². The summed E-state index contributed by atoms with van der Waals surface area (Å²) in [5.41, 5.74) is 0.990. The number of amides is 2. The van der Waals surface area contributed by atoms with Crippen molar-refractivity contribution in [3.05, 3.63) is 28.0 Å². The van der Waals surface area contributed by atoms with Crippen LogP contribution in [0.5, 0.6) is 0 Å². The van der Waals surface area contributed by atoms with E-state index in [0.717, 1.165) is 22.9 Å². The quantitative estimate of drug-likeness (QED) is 0.787. The molecule has 1 aromatic rings. The standard InChI is InChI=1S/C13H18N2O3S/c1-3-6-14-13(18)15(2)8-10-7-11(19-9-10)4-5-12(16)17/h4-5,7,9H,3,6,8H2,1-2H3,(H,14,18)(H,16,17). The molecule has 0 radical (unpaired) electrons. The van der Waals surface area contributed by atoms with Crippen LogP contribution in [-0.2, 0) is 11.3 Å². The smallest absolute Gasteiger partial charge is 0.328 e. The van der Waals surface area contributed by atoms with Gasteiger partial charge in [-0.3, -0.25) is 0 Å². The zero-order chi connectivity index (χ0) is 14.3. The predicted molar refractivity (Wildman–Crippen MR) is 76.1 cm³/mol. The van der Waals surface area contributed by atoms with Gasteiger partial charge in [-0.2, -0.15) is 0 Å². The number of nitrogens with one attached hydrogen (secondary N) is 1. The Morgan fingerprint density at radius 1 is 1.53 bits per heavy atom. The molecule has 2 amide bonds. The van der Waals surface area contributed by atoms with Crippen LogP contribution in [0.3, 0.4) is 0 Å². The van der Waals surface area contributed by atoms with E-state index >= 15 is 0 Å². The summed E-state index contributed by atoms with van der Waals surface area (Å²) in [5, 5.41) is 13.3. The SMILES string of the molecule is CCCNC(=O)N(C)Cc1csc(C=CC(=O)O)c1. The first-order valence-corrected chi connectivity index (χ1v) is 6.88. The van der Waals surface area contributed by atoms with Crippen molar-refractivity contribution in [1.82, 2.24) is 10.2 Å². The summed E-state index contributed by atoms with van der Waals surface area (Å²) < 4.78 is 0. The third kappa shape index (κ3) is 5.56. The molecule has 104 valence electrons. The van der Waals surface area contributed by atoms with Gasteiger partial charge in [0.1, 0.15) is 0 Å². The second kappa shape index (κ2) is 7.58. The van der Waals surface area contributed by atoms with Gasteiger partial charge in [-0.15, -0.1) is 11.3 Å². The van der Waals surface area contributed by atoms with Gasteiger partial charge in [-0.1, -0.05) is 6.92 Å². The summed E-state index contributed by atoms with van der Waals surface area (Å²) in [4.78, 5) is 24.5. The van der Waals surface area contributed by atoms with E-state index in [1.54, 1.807) is 18.0 Å². The molecule has 5 nitrogen and oxygen atoms in total. The minimum Gasteiger partial charge on any atom is -0.478 e. The molecule has 0 unspecified atom stereocenters.